The number of amidine groups is 1. The SMILES string of the molecule is N/C(=N/O)c1ccc(N2CCC(O)CC2)cc1Br. The first-order chi connectivity index (χ1) is 8.61. The molecule has 1 heterocycles. The average Bonchev–Trinajstić information content (AvgIpc) is 2.38. The summed E-state index contributed by atoms with van der Waals surface area (Å²) in [5, 5.41) is 21.1. The third-order valence-corrected chi connectivity index (χ3v) is 3.82. The predicted molar refractivity (Wildman–Crippen MR) is 74.1 cm³/mol. The third-order valence-electron chi connectivity index (χ3n) is 3.17. The Morgan fingerprint density at radius 3 is 2.61 bits per heavy atom. The summed E-state index contributed by atoms with van der Waals surface area (Å²) in [7, 11) is 0. The molecule has 1 aromatic carbocycles. The molecule has 2 rings (SSSR count). The van der Waals surface area contributed by atoms with E-state index in [2.05, 4.69) is 26.0 Å². The van der Waals surface area contributed by atoms with E-state index in [1.165, 1.54) is 0 Å². The Morgan fingerprint density at radius 2 is 2.06 bits per heavy atom. The number of aliphatic hydroxyl groups excluding tert-OH is 1. The van der Waals surface area contributed by atoms with Gasteiger partial charge in [-0.05, 0) is 47.0 Å². The summed E-state index contributed by atoms with van der Waals surface area (Å²) in [6.07, 6.45) is 1.40. The molecule has 0 amide bonds. The minimum absolute atomic E-state index is 0.0856. The molecule has 98 valence electrons. The van der Waals surface area contributed by atoms with Crippen LogP contribution >= 0.6 is 15.9 Å². The number of rotatable bonds is 2. The molecule has 0 aliphatic carbocycles. The maximum Gasteiger partial charge on any atom is 0.171 e. The van der Waals surface area contributed by atoms with Crippen molar-refractivity contribution in [3.63, 3.8) is 0 Å². The van der Waals surface area contributed by atoms with Crippen molar-refractivity contribution in [1.82, 2.24) is 0 Å². The number of nitrogens with zero attached hydrogens (tertiary/aromatic N) is 2. The van der Waals surface area contributed by atoms with E-state index in [1.807, 2.05) is 18.2 Å². The molecule has 0 aromatic heterocycles. The second-order valence-corrected chi connectivity index (χ2v) is 5.22. The van der Waals surface area contributed by atoms with E-state index in [9.17, 15) is 5.11 Å². The smallest absolute Gasteiger partial charge is 0.171 e. The number of nitrogens with two attached hydrogens (primary N) is 1. The summed E-state index contributed by atoms with van der Waals surface area (Å²) in [6.45, 7) is 1.69. The lowest BCUT2D eigenvalue weighted by Gasteiger charge is -2.31. The van der Waals surface area contributed by atoms with Gasteiger partial charge >= 0.3 is 0 Å². The van der Waals surface area contributed by atoms with Crippen LogP contribution < -0.4 is 10.6 Å². The number of aliphatic hydroxyl groups is 1. The average molecular weight is 314 g/mol. The fourth-order valence-electron chi connectivity index (χ4n) is 2.09. The number of oxime groups is 1. The quantitative estimate of drug-likeness (QED) is 0.334. The molecule has 0 spiro atoms. The first kappa shape index (κ1) is 13.2. The van der Waals surface area contributed by atoms with Gasteiger partial charge in [-0.15, -0.1) is 0 Å². The molecule has 4 N–H and O–H groups in total. The molecule has 0 unspecified atom stereocenters. The van der Waals surface area contributed by atoms with Gasteiger partial charge in [-0.25, -0.2) is 0 Å². The number of benzene rings is 1. The lowest BCUT2D eigenvalue weighted by atomic mass is 10.1. The highest BCUT2D eigenvalue weighted by atomic mass is 79.9. The standard InChI is InChI=1S/C12H16BrN3O2/c13-11-7-8(1-2-10(11)12(14)15-18)16-5-3-9(17)4-6-16/h1-2,7,9,17-18H,3-6H2,(H2,14,15). The lowest BCUT2D eigenvalue weighted by molar-refractivity contribution is 0.145. The Hall–Kier alpha value is -1.27. The van der Waals surface area contributed by atoms with E-state index < -0.39 is 0 Å². The van der Waals surface area contributed by atoms with Crippen molar-refractivity contribution in [1.29, 1.82) is 0 Å². The zero-order valence-electron chi connectivity index (χ0n) is 9.88. The summed E-state index contributed by atoms with van der Waals surface area (Å²) >= 11 is 3.42. The van der Waals surface area contributed by atoms with Gasteiger partial charge in [0.1, 0.15) is 0 Å². The maximum absolute atomic E-state index is 9.48. The highest BCUT2D eigenvalue weighted by Gasteiger charge is 2.18. The number of hydrogen-bond donors (Lipinski definition) is 3. The molecule has 1 fully saturated rings. The van der Waals surface area contributed by atoms with Crippen LogP contribution in [0.15, 0.2) is 27.8 Å². The summed E-state index contributed by atoms with van der Waals surface area (Å²) < 4.78 is 0.793. The minimum Gasteiger partial charge on any atom is -0.409 e. The highest BCUT2D eigenvalue weighted by molar-refractivity contribution is 9.10. The van der Waals surface area contributed by atoms with Crippen molar-refractivity contribution in [2.75, 3.05) is 18.0 Å². The van der Waals surface area contributed by atoms with Gasteiger partial charge in [0.2, 0.25) is 0 Å². The zero-order valence-corrected chi connectivity index (χ0v) is 11.5. The van der Waals surface area contributed by atoms with E-state index in [1.54, 1.807) is 0 Å². The predicted octanol–water partition coefficient (Wildman–Crippen LogP) is 1.50. The number of anilines is 1. The van der Waals surface area contributed by atoms with E-state index in [0.29, 0.717) is 5.56 Å². The lowest BCUT2D eigenvalue weighted by Crippen LogP contribution is -2.35. The summed E-state index contributed by atoms with van der Waals surface area (Å²) in [5.74, 6) is 0.0856. The number of piperidine rings is 1. The van der Waals surface area contributed by atoms with Crippen molar-refractivity contribution in [3.8, 4) is 0 Å². The van der Waals surface area contributed by atoms with Crippen LogP contribution in [-0.4, -0.2) is 35.3 Å². The van der Waals surface area contributed by atoms with Crippen molar-refractivity contribution < 1.29 is 10.3 Å². The fraction of sp³-hybridized carbons (Fsp3) is 0.417. The second kappa shape index (κ2) is 5.58. The summed E-state index contributed by atoms with van der Waals surface area (Å²) in [5.41, 5.74) is 7.30. The number of hydrogen-bond acceptors (Lipinski definition) is 4. The van der Waals surface area contributed by atoms with Crippen LogP contribution in [0.4, 0.5) is 5.69 Å². The first-order valence-electron chi connectivity index (χ1n) is 5.82. The fourth-order valence-corrected chi connectivity index (χ4v) is 2.66. The Kier molecular flexibility index (Phi) is 4.08. The molecule has 1 aromatic rings. The van der Waals surface area contributed by atoms with Gasteiger partial charge < -0.3 is 20.9 Å². The molecule has 0 saturated carbocycles. The van der Waals surface area contributed by atoms with Gasteiger partial charge in [0, 0.05) is 28.8 Å². The largest absolute Gasteiger partial charge is 0.409 e. The molecule has 0 radical (unpaired) electrons. The minimum atomic E-state index is -0.180. The Labute approximate surface area is 114 Å². The van der Waals surface area contributed by atoms with Crippen LogP contribution in [-0.2, 0) is 0 Å². The van der Waals surface area contributed by atoms with Crippen LogP contribution in [0.1, 0.15) is 18.4 Å². The van der Waals surface area contributed by atoms with Gasteiger partial charge in [-0.2, -0.15) is 0 Å². The van der Waals surface area contributed by atoms with Crippen LogP contribution in [0.2, 0.25) is 0 Å². The van der Waals surface area contributed by atoms with Crippen LogP contribution in [0.25, 0.3) is 0 Å². The Bertz CT molecular complexity index is 457. The molecule has 6 heteroatoms. The molecule has 0 atom stereocenters. The van der Waals surface area contributed by atoms with Crippen molar-refractivity contribution in [2.24, 2.45) is 10.9 Å². The van der Waals surface area contributed by atoms with Gasteiger partial charge in [0.05, 0.1) is 6.10 Å². The van der Waals surface area contributed by atoms with E-state index in [4.69, 9.17) is 10.9 Å². The molecule has 1 saturated heterocycles. The molecule has 1 aliphatic heterocycles. The van der Waals surface area contributed by atoms with Gasteiger partial charge in [0.25, 0.3) is 0 Å². The molecule has 0 bridgehead atoms. The van der Waals surface area contributed by atoms with Gasteiger partial charge in [0.15, 0.2) is 5.84 Å². The topological polar surface area (TPSA) is 82.1 Å². The molecular formula is C12H16BrN3O2. The Balaban J connectivity index is 2.19. The second-order valence-electron chi connectivity index (χ2n) is 4.37. The molecule has 18 heavy (non-hydrogen) atoms. The summed E-state index contributed by atoms with van der Waals surface area (Å²) in [4.78, 5) is 2.22. The monoisotopic (exact) mass is 313 g/mol. The maximum atomic E-state index is 9.48. The van der Waals surface area contributed by atoms with Crippen molar-refractivity contribution in [3.05, 3.63) is 28.2 Å². The zero-order chi connectivity index (χ0) is 13.1. The molecular weight excluding hydrogens is 298 g/mol. The van der Waals surface area contributed by atoms with Gasteiger partial charge in [-0.1, -0.05) is 5.16 Å². The van der Waals surface area contributed by atoms with E-state index in [-0.39, 0.29) is 11.9 Å². The van der Waals surface area contributed by atoms with Crippen LogP contribution in [0.5, 0.6) is 0 Å². The Morgan fingerprint density at radius 1 is 1.39 bits per heavy atom. The first-order valence-corrected chi connectivity index (χ1v) is 6.61. The van der Waals surface area contributed by atoms with E-state index >= 15 is 0 Å². The van der Waals surface area contributed by atoms with E-state index in [0.717, 1.165) is 36.1 Å². The summed E-state index contributed by atoms with van der Waals surface area (Å²) in [6, 6.07) is 5.71. The van der Waals surface area contributed by atoms with Crippen LogP contribution in [0.3, 0.4) is 0 Å². The third kappa shape index (κ3) is 2.76. The highest BCUT2D eigenvalue weighted by Crippen LogP contribution is 2.26. The van der Waals surface area contributed by atoms with Crippen molar-refractivity contribution in [2.45, 2.75) is 18.9 Å². The van der Waals surface area contributed by atoms with Crippen molar-refractivity contribution >= 4 is 27.5 Å². The van der Waals surface area contributed by atoms with Crippen LogP contribution in [0, 0.1) is 0 Å². The molecule has 5 nitrogen and oxygen atoms in total. The molecule has 1 aliphatic rings. The normalized spacial score (nSPS) is 18.1. The van der Waals surface area contributed by atoms with Gasteiger partial charge in [-0.3, -0.25) is 0 Å². The number of halogens is 1.